The minimum atomic E-state index is -0.591. The van der Waals surface area contributed by atoms with E-state index >= 15 is 0 Å². The molecular formula is C16H16N4O3. The lowest BCUT2D eigenvalue weighted by molar-refractivity contribution is -0.384. The number of benzene rings is 1. The number of pyridine rings is 1. The van der Waals surface area contributed by atoms with E-state index in [0.29, 0.717) is 6.42 Å². The molecule has 0 fully saturated rings. The fourth-order valence-corrected chi connectivity index (χ4v) is 2.27. The topological polar surface area (TPSA) is 101 Å². The number of hydrogen-bond donors (Lipinski definition) is 1. The third-order valence-electron chi connectivity index (χ3n) is 3.29. The number of hydrogen-bond acceptors (Lipinski definition) is 6. The molecule has 0 radical (unpaired) electrons. The van der Waals surface area contributed by atoms with Gasteiger partial charge in [0.15, 0.2) is 0 Å². The van der Waals surface area contributed by atoms with Crippen molar-refractivity contribution in [2.45, 2.75) is 19.4 Å². The first-order valence-electron chi connectivity index (χ1n) is 6.98. The summed E-state index contributed by atoms with van der Waals surface area (Å²) < 4.78 is 5.18. The van der Waals surface area contributed by atoms with Crippen molar-refractivity contribution in [3.63, 3.8) is 0 Å². The van der Waals surface area contributed by atoms with E-state index in [1.54, 1.807) is 7.11 Å². The Hall–Kier alpha value is -3.14. The van der Waals surface area contributed by atoms with Crippen LogP contribution in [0.1, 0.15) is 18.1 Å². The van der Waals surface area contributed by atoms with Crippen molar-refractivity contribution in [3.05, 3.63) is 57.8 Å². The first-order chi connectivity index (χ1) is 11.0. The summed E-state index contributed by atoms with van der Waals surface area (Å²) in [7, 11) is 1.60. The number of aromatic nitrogens is 1. The van der Waals surface area contributed by atoms with Gasteiger partial charge in [-0.2, -0.15) is 5.26 Å². The van der Waals surface area contributed by atoms with Crippen LogP contribution in [0.2, 0.25) is 0 Å². The van der Waals surface area contributed by atoms with Crippen LogP contribution in [0.15, 0.2) is 36.5 Å². The van der Waals surface area contributed by atoms with Gasteiger partial charge in [0.1, 0.15) is 17.4 Å². The van der Waals surface area contributed by atoms with Crippen molar-refractivity contribution in [2.75, 3.05) is 12.4 Å². The molecule has 2 aromatic rings. The molecule has 0 amide bonds. The molecule has 0 aliphatic heterocycles. The lowest BCUT2D eigenvalue weighted by Gasteiger charge is -2.15. The van der Waals surface area contributed by atoms with Crippen molar-refractivity contribution in [3.8, 4) is 11.8 Å². The van der Waals surface area contributed by atoms with Crippen LogP contribution < -0.4 is 10.1 Å². The van der Waals surface area contributed by atoms with Gasteiger partial charge in [-0.25, -0.2) is 4.98 Å². The van der Waals surface area contributed by atoms with Gasteiger partial charge in [0.05, 0.1) is 12.0 Å². The van der Waals surface area contributed by atoms with E-state index in [2.05, 4.69) is 10.3 Å². The fraction of sp³-hybridized carbons (Fsp3) is 0.250. The van der Waals surface area contributed by atoms with Crippen LogP contribution in [0.5, 0.6) is 5.75 Å². The highest BCUT2D eigenvalue weighted by Crippen LogP contribution is 2.26. The number of methoxy groups -OCH3 is 1. The Bertz CT molecular complexity index is 755. The standard InChI is InChI=1S/C16H16N4O3/c1-11(8-12-4-3-5-14(9-12)23-2)19-16-15(20(21)22)13(10-17)6-7-18-16/h3-7,9,11H,8H2,1-2H3,(H,18,19). The largest absolute Gasteiger partial charge is 0.497 e. The molecule has 1 aromatic heterocycles. The average molecular weight is 312 g/mol. The van der Waals surface area contributed by atoms with Gasteiger partial charge in [-0.05, 0) is 37.1 Å². The van der Waals surface area contributed by atoms with E-state index in [1.165, 1.54) is 12.3 Å². The summed E-state index contributed by atoms with van der Waals surface area (Å²) in [5, 5.41) is 23.2. The highest BCUT2D eigenvalue weighted by Gasteiger charge is 2.22. The zero-order valence-electron chi connectivity index (χ0n) is 12.8. The summed E-state index contributed by atoms with van der Waals surface area (Å²) in [4.78, 5) is 14.6. The molecule has 1 unspecified atom stereocenters. The minimum absolute atomic E-state index is 0.0129. The molecule has 1 atom stereocenters. The number of rotatable bonds is 6. The summed E-state index contributed by atoms with van der Waals surface area (Å²) >= 11 is 0. The molecule has 0 aliphatic carbocycles. The monoisotopic (exact) mass is 312 g/mol. The second-order valence-corrected chi connectivity index (χ2v) is 5.03. The Balaban J connectivity index is 2.19. The normalized spacial score (nSPS) is 11.3. The molecule has 1 heterocycles. The van der Waals surface area contributed by atoms with Crippen LogP contribution in [-0.2, 0) is 6.42 Å². The third kappa shape index (κ3) is 3.95. The number of anilines is 1. The second kappa shape index (κ2) is 7.22. The first kappa shape index (κ1) is 16.2. The molecule has 0 aliphatic rings. The summed E-state index contributed by atoms with van der Waals surface area (Å²) in [6.45, 7) is 1.89. The predicted octanol–water partition coefficient (Wildman–Crippen LogP) is 2.91. The maximum absolute atomic E-state index is 11.2. The number of nitriles is 1. The lowest BCUT2D eigenvalue weighted by atomic mass is 10.1. The van der Waals surface area contributed by atoms with Crippen LogP contribution >= 0.6 is 0 Å². The lowest BCUT2D eigenvalue weighted by Crippen LogP contribution is -2.20. The Morgan fingerprint density at radius 2 is 2.26 bits per heavy atom. The van der Waals surface area contributed by atoms with E-state index in [-0.39, 0.29) is 23.1 Å². The average Bonchev–Trinajstić information content (AvgIpc) is 2.54. The summed E-state index contributed by atoms with van der Waals surface area (Å²) in [6, 6.07) is 10.6. The fourth-order valence-electron chi connectivity index (χ4n) is 2.27. The molecule has 1 N–H and O–H groups in total. The van der Waals surface area contributed by atoms with Crippen molar-refractivity contribution in [1.29, 1.82) is 5.26 Å². The van der Waals surface area contributed by atoms with E-state index < -0.39 is 4.92 Å². The van der Waals surface area contributed by atoms with Crippen LogP contribution in [0.4, 0.5) is 11.5 Å². The molecule has 7 heteroatoms. The smallest absolute Gasteiger partial charge is 0.328 e. The summed E-state index contributed by atoms with van der Waals surface area (Å²) in [6.07, 6.45) is 2.01. The van der Waals surface area contributed by atoms with E-state index in [9.17, 15) is 10.1 Å². The van der Waals surface area contributed by atoms with Crippen LogP contribution in [0.25, 0.3) is 0 Å². The van der Waals surface area contributed by atoms with E-state index in [4.69, 9.17) is 10.00 Å². The molecule has 0 spiro atoms. The zero-order valence-corrected chi connectivity index (χ0v) is 12.8. The highest BCUT2D eigenvalue weighted by atomic mass is 16.6. The van der Waals surface area contributed by atoms with Gasteiger partial charge in [0.2, 0.25) is 5.82 Å². The molecular weight excluding hydrogens is 296 g/mol. The minimum Gasteiger partial charge on any atom is -0.497 e. The highest BCUT2D eigenvalue weighted by molar-refractivity contribution is 5.64. The second-order valence-electron chi connectivity index (χ2n) is 5.03. The van der Waals surface area contributed by atoms with Crippen LogP contribution in [0, 0.1) is 21.4 Å². The molecule has 0 bridgehead atoms. The van der Waals surface area contributed by atoms with Gasteiger partial charge >= 0.3 is 5.69 Å². The van der Waals surface area contributed by atoms with Crippen molar-refractivity contribution >= 4 is 11.5 Å². The maximum atomic E-state index is 11.2. The number of nitro groups is 1. The van der Waals surface area contributed by atoms with Crippen molar-refractivity contribution in [1.82, 2.24) is 4.98 Å². The van der Waals surface area contributed by atoms with E-state index in [1.807, 2.05) is 37.3 Å². The van der Waals surface area contributed by atoms with Gasteiger partial charge in [-0.3, -0.25) is 10.1 Å². The first-order valence-corrected chi connectivity index (χ1v) is 6.98. The number of ether oxygens (including phenoxy) is 1. The Kier molecular flexibility index (Phi) is 5.10. The molecule has 7 nitrogen and oxygen atoms in total. The molecule has 1 aromatic carbocycles. The summed E-state index contributed by atoms with van der Waals surface area (Å²) in [5.74, 6) is 0.856. The number of nitrogens with zero attached hydrogens (tertiary/aromatic N) is 3. The number of nitrogens with one attached hydrogen (secondary N) is 1. The summed E-state index contributed by atoms with van der Waals surface area (Å²) in [5.41, 5.74) is 0.719. The Morgan fingerprint density at radius 3 is 2.91 bits per heavy atom. The quantitative estimate of drug-likeness (QED) is 0.650. The van der Waals surface area contributed by atoms with Gasteiger partial charge in [0, 0.05) is 12.2 Å². The SMILES string of the molecule is COc1cccc(CC(C)Nc2nccc(C#N)c2[N+](=O)[O-])c1. The Morgan fingerprint density at radius 1 is 1.48 bits per heavy atom. The van der Waals surface area contributed by atoms with Crippen molar-refractivity contribution in [2.24, 2.45) is 0 Å². The molecule has 23 heavy (non-hydrogen) atoms. The van der Waals surface area contributed by atoms with E-state index in [0.717, 1.165) is 11.3 Å². The molecule has 118 valence electrons. The van der Waals surface area contributed by atoms with Crippen LogP contribution in [-0.4, -0.2) is 23.1 Å². The molecule has 0 saturated carbocycles. The molecule has 0 saturated heterocycles. The third-order valence-corrected chi connectivity index (χ3v) is 3.29. The molecule has 2 rings (SSSR count). The van der Waals surface area contributed by atoms with Crippen LogP contribution in [0.3, 0.4) is 0 Å². The predicted molar refractivity (Wildman–Crippen MR) is 85.4 cm³/mol. The van der Waals surface area contributed by atoms with Gasteiger partial charge in [-0.15, -0.1) is 0 Å². The van der Waals surface area contributed by atoms with Gasteiger partial charge in [-0.1, -0.05) is 12.1 Å². The van der Waals surface area contributed by atoms with Crippen molar-refractivity contribution < 1.29 is 9.66 Å². The zero-order chi connectivity index (χ0) is 16.8. The maximum Gasteiger partial charge on any atom is 0.328 e. The van der Waals surface area contributed by atoms with Gasteiger partial charge in [0.25, 0.3) is 0 Å². The van der Waals surface area contributed by atoms with Gasteiger partial charge < -0.3 is 10.1 Å². The Labute approximate surface area is 133 Å².